The Balaban J connectivity index is 2.30. The molecule has 0 aliphatic heterocycles. The van der Waals surface area contributed by atoms with E-state index in [0.717, 1.165) is 0 Å². The van der Waals surface area contributed by atoms with Crippen molar-refractivity contribution in [3.8, 4) is 11.5 Å². The molecule has 0 saturated carbocycles. The number of aliphatic hydroxyl groups excluding tert-OH is 1. The van der Waals surface area contributed by atoms with Gasteiger partial charge in [0.05, 0.1) is 20.3 Å². The van der Waals surface area contributed by atoms with Crippen LogP contribution in [0.4, 0.5) is 4.39 Å². The van der Waals surface area contributed by atoms with Gasteiger partial charge in [-0.1, -0.05) is 28.1 Å². The van der Waals surface area contributed by atoms with Crippen LogP contribution in [-0.2, 0) is 6.42 Å². The van der Waals surface area contributed by atoms with Crippen LogP contribution in [0, 0.1) is 5.82 Å². The zero-order valence-electron chi connectivity index (χ0n) is 11.8. The maximum atomic E-state index is 13.4. The summed E-state index contributed by atoms with van der Waals surface area (Å²) in [4.78, 5) is 0. The highest BCUT2D eigenvalue weighted by atomic mass is 79.9. The van der Waals surface area contributed by atoms with Gasteiger partial charge in [0, 0.05) is 16.5 Å². The molecule has 0 radical (unpaired) electrons. The Morgan fingerprint density at radius 3 is 2.57 bits per heavy atom. The van der Waals surface area contributed by atoms with Gasteiger partial charge in [-0.05, 0) is 29.8 Å². The van der Waals surface area contributed by atoms with E-state index in [-0.39, 0.29) is 12.2 Å². The SMILES string of the molecule is COc1cccc(C(O)Cc2cc(F)cc(Br)c2)c1OC. The summed E-state index contributed by atoms with van der Waals surface area (Å²) >= 11 is 3.24. The fourth-order valence-corrected chi connectivity index (χ4v) is 2.75. The van der Waals surface area contributed by atoms with Crippen molar-refractivity contribution in [3.63, 3.8) is 0 Å². The minimum atomic E-state index is -0.816. The Labute approximate surface area is 131 Å². The summed E-state index contributed by atoms with van der Waals surface area (Å²) in [5.74, 6) is 0.696. The quantitative estimate of drug-likeness (QED) is 0.885. The average Bonchev–Trinajstić information content (AvgIpc) is 2.45. The molecule has 5 heteroatoms. The monoisotopic (exact) mass is 354 g/mol. The number of hydrogen-bond acceptors (Lipinski definition) is 3. The second-order valence-corrected chi connectivity index (χ2v) is 5.50. The Bertz CT molecular complexity index is 611. The van der Waals surface area contributed by atoms with Crippen molar-refractivity contribution in [2.24, 2.45) is 0 Å². The van der Waals surface area contributed by atoms with Crippen LogP contribution in [0.15, 0.2) is 40.9 Å². The molecule has 0 heterocycles. The van der Waals surface area contributed by atoms with Gasteiger partial charge in [0.2, 0.25) is 0 Å². The van der Waals surface area contributed by atoms with Crippen LogP contribution in [0.3, 0.4) is 0 Å². The van der Waals surface area contributed by atoms with Crippen molar-refractivity contribution in [1.82, 2.24) is 0 Å². The minimum Gasteiger partial charge on any atom is -0.493 e. The minimum absolute atomic E-state index is 0.278. The van der Waals surface area contributed by atoms with Crippen LogP contribution >= 0.6 is 15.9 Å². The summed E-state index contributed by atoms with van der Waals surface area (Å²) in [6.45, 7) is 0. The first-order valence-corrected chi connectivity index (χ1v) is 7.18. The number of halogens is 2. The Hall–Kier alpha value is -1.59. The topological polar surface area (TPSA) is 38.7 Å². The molecule has 1 unspecified atom stereocenters. The van der Waals surface area contributed by atoms with E-state index < -0.39 is 6.10 Å². The molecule has 21 heavy (non-hydrogen) atoms. The van der Waals surface area contributed by atoms with Gasteiger partial charge >= 0.3 is 0 Å². The molecule has 0 spiro atoms. The predicted molar refractivity (Wildman–Crippen MR) is 82.3 cm³/mol. The Kier molecular flexibility index (Phi) is 5.20. The lowest BCUT2D eigenvalue weighted by Gasteiger charge is -2.17. The summed E-state index contributed by atoms with van der Waals surface area (Å²) in [5, 5.41) is 10.4. The second kappa shape index (κ2) is 6.91. The van der Waals surface area contributed by atoms with Crippen LogP contribution < -0.4 is 9.47 Å². The van der Waals surface area contributed by atoms with Gasteiger partial charge in [-0.15, -0.1) is 0 Å². The van der Waals surface area contributed by atoms with Crippen molar-refractivity contribution in [3.05, 3.63) is 57.8 Å². The summed E-state index contributed by atoms with van der Waals surface area (Å²) in [6, 6.07) is 9.86. The van der Waals surface area contributed by atoms with Gasteiger partial charge in [0.15, 0.2) is 11.5 Å². The van der Waals surface area contributed by atoms with E-state index in [2.05, 4.69) is 15.9 Å². The lowest BCUT2D eigenvalue weighted by Crippen LogP contribution is -2.05. The van der Waals surface area contributed by atoms with E-state index in [1.807, 2.05) is 0 Å². The number of para-hydroxylation sites is 1. The summed E-state index contributed by atoms with van der Waals surface area (Å²) < 4.78 is 24.5. The number of hydrogen-bond donors (Lipinski definition) is 1. The number of aliphatic hydroxyl groups is 1. The molecule has 1 N–H and O–H groups in total. The molecular weight excluding hydrogens is 339 g/mol. The number of rotatable bonds is 5. The fraction of sp³-hybridized carbons (Fsp3) is 0.250. The van der Waals surface area contributed by atoms with E-state index in [1.165, 1.54) is 26.4 Å². The standard InChI is InChI=1S/C16H16BrFO3/c1-20-15-5-3-4-13(16(15)21-2)14(19)8-10-6-11(17)9-12(18)7-10/h3-7,9,14,19H,8H2,1-2H3. The molecule has 0 aliphatic carbocycles. The highest BCUT2D eigenvalue weighted by molar-refractivity contribution is 9.10. The van der Waals surface area contributed by atoms with Crippen molar-refractivity contribution in [2.75, 3.05) is 14.2 Å². The van der Waals surface area contributed by atoms with Gasteiger partial charge in [-0.3, -0.25) is 0 Å². The molecule has 0 aliphatic rings. The highest BCUT2D eigenvalue weighted by Gasteiger charge is 2.17. The normalized spacial score (nSPS) is 12.0. The molecule has 0 aromatic heterocycles. The molecule has 0 bridgehead atoms. The highest BCUT2D eigenvalue weighted by Crippen LogP contribution is 2.35. The molecule has 3 nitrogen and oxygen atoms in total. The summed E-state index contributed by atoms with van der Waals surface area (Å²) in [6.07, 6.45) is -0.538. The summed E-state index contributed by atoms with van der Waals surface area (Å²) in [7, 11) is 3.06. The summed E-state index contributed by atoms with van der Waals surface area (Å²) in [5.41, 5.74) is 1.30. The van der Waals surface area contributed by atoms with E-state index in [4.69, 9.17) is 9.47 Å². The van der Waals surface area contributed by atoms with Crippen LogP contribution in [0.2, 0.25) is 0 Å². The molecule has 2 rings (SSSR count). The number of ether oxygens (including phenoxy) is 2. The van der Waals surface area contributed by atoms with Crippen molar-refractivity contribution < 1.29 is 19.0 Å². The van der Waals surface area contributed by atoms with Gasteiger partial charge in [0.25, 0.3) is 0 Å². The number of benzene rings is 2. The van der Waals surface area contributed by atoms with Crippen molar-refractivity contribution in [2.45, 2.75) is 12.5 Å². The predicted octanol–water partition coefficient (Wildman–Crippen LogP) is 3.88. The Morgan fingerprint density at radius 1 is 1.19 bits per heavy atom. The molecule has 0 fully saturated rings. The maximum Gasteiger partial charge on any atom is 0.166 e. The van der Waals surface area contributed by atoms with Crippen LogP contribution in [-0.4, -0.2) is 19.3 Å². The lowest BCUT2D eigenvalue weighted by molar-refractivity contribution is 0.173. The van der Waals surface area contributed by atoms with Crippen molar-refractivity contribution in [1.29, 1.82) is 0 Å². The largest absolute Gasteiger partial charge is 0.493 e. The van der Waals surface area contributed by atoms with E-state index >= 15 is 0 Å². The van der Waals surface area contributed by atoms with Crippen LogP contribution in [0.1, 0.15) is 17.2 Å². The molecule has 2 aromatic carbocycles. The second-order valence-electron chi connectivity index (χ2n) is 4.58. The lowest BCUT2D eigenvalue weighted by atomic mass is 10.00. The number of methoxy groups -OCH3 is 2. The zero-order chi connectivity index (χ0) is 15.4. The van der Waals surface area contributed by atoms with Gasteiger partial charge in [-0.2, -0.15) is 0 Å². The molecule has 0 amide bonds. The molecule has 2 aromatic rings. The fourth-order valence-electron chi connectivity index (χ4n) is 2.24. The van der Waals surface area contributed by atoms with Gasteiger partial charge in [0.1, 0.15) is 5.82 Å². The van der Waals surface area contributed by atoms with Crippen molar-refractivity contribution >= 4 is 15.9 Å². The third-order valence-corrected chi connectivity index (χ3v) is 3.60. The molecular formula is C16H16BrFO3. The smallest absolute Gasteiger partial charge is 0.166 e. The van der Waals surface area contributed by atoms with Gasteiger partial charge < -0.3 is 14.6 Å². The first-order chi connectivity index (χ1) is 10.0. The van der Waals surface area contributed by atoms with E-state index in [9.17, 15) is 9.50 Å². The Morgan fingerprint density at radius 2 is 1.95 bits per heavy atom. The molecule has 1 atom stereocenters. The average molecular weight is 355 g/mol. The third-order valence-electron chi connectivity index (χ3n) is 3.14. The first kappa shape index (κ1) is 15.8. The molecule has 112 valence electrons. The van der Waals surface area contributed by atoms with Crippen LogP contribution in [0.25, 0.3) is 0 Å². The zero-order valence-corrected chi connectivity index (χ0v) is 13.4. The van der Waals surface area contributed by atoms with E-state index in [1.54, 1.807) is 24.3 Å². The van der Waals surface area contributed by atoms with Crippen LogP contribution in [0.5, 0.6) is 11.5 Å². The van der Waals surface area contributed by atoms with E-state index in [0.29, 0.717) is 27.1 Å². The van der Waals surface area contributed by atoms with Gasteiger partial charge in [-0.25, -0.2) is 4.39 Å². The molecule has 0 saturated heterocycles. The third kappa shape index (κ3) is 3.74. The maximum absolute atomic E-state index is 13.4. The first-order valence-electron chi connectivity index (χ1n) is 6.39.